The smallest absolute Gasteiger partial charge is 0.408 e. The lowest BCUT2D eigenvalue weighted by molar-refractivity contribution is -0.140. The zero-order chi connectivity index (χ0) is 27.1. The van der Waals surface area contributed by atoms with E-state index < -0.39 is 67.7 Å². The lowest BCUT2D eigenvalue weighted by atomic mass is 10.1. The molecule has 0 spiro atoms. The molecule has 2 saturated carbocycles. The minimum absolute atomic E-state index is 0.222. The molecule has 0 aromatic heterocycles. The molecule has 0 unspecified atom stereocenters. The first-order chi connectivity index (χ1) is 16.6. The fourth-order valence-corrected chi connectivity index (χ4v) is 6.37. The van der Waals surface area contributed by atoms with Crippen molar-refractivity contribution in [3.8, 4) is 0 Å². The van der Waals surface area contributed by atoms with Gasteiger partial charge >= 0.3 is 6.09 Å². The van der Waals surface area contributed by atoms with Crippen LogP contribution in [0.2, 0.25) is 0 Å². The van der Waals surface area contributed by atoms with Crippen LogP contribution in [0.1, 0.15) is 73.1 Å². The van der Waals surface area contributed by atoms with Crippen molar-refractivity contribution in [1.29, 1.82) is 0 Å². The van der Waals surface area contributed by atoms with Crippen molar-refractivity contribution in [2.45, 2.75) is 101 Å². The van der Waals surface area contributed by atoms with Crippen molar-refractivity contribution in [1.82, 2.24) is 20.3 Å². The Morgan fingerprint density at radius 3 is 2.36 bits per heavy atom. The summed E-state index contributed by atoms with van der Waals surface area (Å²) in [6.45, 7) is 12.4. The van der Waals surface area contributed by atoms with Gasteiger partial charge in [0.15, 0.2) is 0 Å². The van der Waals surface area contributed by atoms with Crippen LogP contribution < -0.4 is 15.4 Å². The van der Waals surface area contributed by atoms with E-state index in [9.17, 15) is 27.6 Å². The highest BCUT2D eigenvalue weighted by molar-refractivity contribution is 7.91. The van der Waals surface area contributed by atoms with Gasteiger partial charge in [-0.3, -0.25) is 19.1 Å². The molecule has 11 nitrogen and oxygen atoms in total. The maximum Gasteiger partial charge on any atom is 0.408 e. The molecule has 3 rings (SSSR count). The van der Waals surface area contributed by atoms with Crippen LogP contribution in [0.3, 0.4) is 0 Å². The average Bonchev–Trinajstić information content (AvgIpc) is 3.66. The van der Waals surface area contributed by atoms with Gasteiger partial charge in [-0.1, -0.05) is 13.0 Å². The first-order valence-corrected chi connectivity index (χ1v) is 13.9. The summed E-state index contributed by atoms with van der Waals surface area (Å²) in [5, 5.41) is 5.22. The number of likely N-dealkylation sites (tertiary alicyclic amines) is 1. The van der Waals surface area contributed by atoms with E-state index in [-0.39, 0.29) is 6.42 Å². The number of rotatable bonds is 9. The van der Waals surface area contributed by atoms with Gasteiger partial charge in [0.25, 0.3) is 5.91 Å². The number of nitrogens with one attached hydrogen (secondary N) is 3. The first kappa shape index (κ1) is 27.9. The third kappa shape index (κ3) is 5.52. The number of ether oxygens (including phenoxy) is 1. The second kappa shape index (κ2) is 9.68. The lowest BCUT2D eigenvalue weighted by Crippen LogP contribution is -2.58. The van der Waals surface area contributed by atoms with E-state index in [0.717, 1.165) is 0 Å². The van der Waals surface area contributed by atoms with Crippen LogP contribution in [0.25, 0.3) is 0 Å². The second-order valence-electron chi connectivity index (χ2n) is 11.0. The summed E-state index contributed by atoms with van der Waals surface area (Å²) in [4.78, 5) is 52.9. The Hall–Kier alpha value is -2.63. The van der Waals surface area contributed by atoms with E-state index in [2.05, 4.69) is 21.9 Å². The van der Waals surface area contributed by atoms with E-state index in [1.807, 2.05) is 0 Å². The molecule has 4 amide bonds. The highest BCUT2D eigenvalue weighted by Crippen LogP contribution is 2.48. The lowest BCUT2D eigenvalue weighted by Gasteiger charge is -2.29. The van der Waals surface area contributed by atoms with Crippen LogP contribution in [0.5, 0.6) is 0 Å². The Morgan fingerprint density at radius 1 is 1.22 bits per heavy atom. The Balaban J connectivity index is 1.67. The molecule has 36 heavy (non-hydrogen) atoms. The van der Waals surface area contributed by atoms with E-state index in [4.69, 9.17) is 4.74 Å². The summed E-state index contributed by atoms with van der Waals surface area (Å²) in [5.74, 6) is -2.20. The number of alkyl carbamates (subject to hydrolysis) is 1. The molecule has 1 heterocycles. The summed E-state index contributed by atoms with van der Waals surface area (Å²) < 4.78 is 32.0. The third-order valence-electron chi connectivity index (χ3n) is 7.24. The summed E-state index contributed by atoms with van der Waals surface area (Å²) in [6.07, 6.45) is 3.33. The maximum atomic E-state index is 13.3. The summed E-state index contributed by atoms with van der Waals surface area (Å²) >= 11 is 0. The third-order valence-corrected chi connectivity index (χ3v) is 9.53. The van der Waals surface area contributed by atoms with Crippen molar-refractivity contribution >= 4 is 33.8 Å². The highest BCUT2D eigenvalue weighted by Gasteiger charge is 2.63. The molecule has 12 heteroatoms. The quantitative estimate of drug-likeness (QED) is 0.384. The van der Waals surface area contributed by atoms with Crippen LogP contribution in [-0.2, 0) is 29.1 Å². The number of nitrogens with zero attached hydrogens (tertiary/aromatic N) is 1. The van der Waals surface area contributed by atoms with Gasteiger partial charge in [0.1, 0.15) is 23.2 Å². The Kier molecular flexibility index (Phi) is 7.51. The van der Waals surface area contributed by atoms with E-state index in [0.29, 0.717) is 38.6 Å². The molecule has 1 aliphatic heterocycles. The molecule has 3 fully saturated rings. The van der Waals surface area contributed by atoms with Gasteiger partial charge in [-0.2, -0.15) is 0 Å². The average molecular weight is 527 g/mol. The molecule has 1 saturated heterocycles. The molecule has 3 aliphatic rings. The van der Waals surface area contributed by atoms with E-state index in [1.165, 1.54) is 17.9 Å². The number of hydrogen-bond donors (Lipinski definition) is 3. The number of hydrogen-bond acceptors (Lipinski definition) is 7. The van der Waals surface area contributed by atoms with Gasteiger partial charge in [-0.15, -0.1) is 6.58 Å². The SMILES string of the molecule is C=C[C@@H]1C[C@]1(NC(=O)[C@@H]1CCCN1C(=O)[C@H](C)NC(=O)OC(C)(C)C)C(=O)NS(=O)(=O)C1(CC)CC1. The topological polar surface area (TPSA) is 151 Å². The summed E-state index contributed by atoms with van der Waals surface area (Å²) in [6, 6.07) is -1.78. The summed E-state index contributed by atoms with van der Waals surface area (Å²) in [7, 11) is -3.89. The molecule has 0 aromatic rings. The molecule has 3 N–H and O–H groups in total. The standard InChI is InChI=1S/C24H38N4O7S/c1-7-16-14-24(16,20(31)27-36(33,34)23(8-2)11-12-23)26-18(29)17-10-9-13-28(17)19(30)15(3)25-21(32)35-22(4,5)6/h7,15-17H,1,8-14H2,2-6H3,(H,25,32)(H,26,29)(H,27,31)/t15-,16+,17-,24+/m0/s1. The number of carbonyl (C=O) groups excluding carboxylic acids is 4. The fraction of sp³-hybridized carbons (Fsp3) is 0.750. The summed E-state index contributed by atoms with van der Waals surface area (Å²) in [5.41, 5.74) is -2.15. The zero-order valence-electron chi connectivity index (χ0n) is 21.7. The Bertz CT molecular complexity index is 1050. The molecule has 4 atom stereocenters. The minimum Gasteiger partial charge on any atom is -0.444 e. The number of sulfonamides is 1. The predicted molar refractivity (Wildman–Crippen MR) is 132 cm³/mol. The van der Waals surface area contributed by atoms with E-state index in [1.54, 1.807) is 27.7 Å². The largest absolute Gasteiger partial charge is 0.444 e. The maximum absolute atomic E-state index is 13.3. The van der Waals surface area contributed by atoms with Crippen molar-refractivity contribution in [3.05, 3.63) is 12.7 Å². The zero-order valence-corrected chi connectivity index (χ0v) is 22.5. The van der Waals surface area contributed by atoms with Crippen LogP contribution in [0, 0.1) is 5.92 Å². The Morgan fingerprint density at radius 2 is 1.86 bits per heavy atom. The fourth-order valence-electron chi connectivity index (χ4n) is 4.71. The van der Waals surface area contributed by atoms with Crippen molar-refractivity contribution in [2.75, 3.05) is 6.54 Å². The molecule has 0 radical (unpaired) electrons. The van der Waals surface area contributed by atoms with Gasteiger partial charge in [-0.05, 0) is 66.2 Å². The van der Waals surface area contributed by atoms with Crippen molar-refractivity contribution in [3.63, 3.8) is 0 Å². The predicted octanol–water partition coefficient (Wildman–Crippen LogP) is 1.34. The molecular formula is C24H38N4O7S. The monoisotopic (exact) mass is 526 g/mol. The van der Waals surface area contributed by atoms with Crippen LogP contribution in [0.15, 0.2) is 12.7 Å². The van der Waals surface area contributed by atoms with Gasteiger partial charge in [0, 0.05) is 12.5 Å². The minimum atomic E-state index is -3.89. The number of amides is 4. The normalized spacial score (nSPS) is 27.4. The molecule has 0 bridgehead atoms. The number of carbonyl (C=O) groups is 4. The van der Waals surface area contributed by atoms with E-state index >= 15 is 0 Å². The van der Waals surface area contributed by atoms with Crippen LogP contribution in [-0.4, -0.2) is 71.6 Å². The van der Waals surface area contributed by atoms with Gasteiger partial charge < -0.3 is 20.3 Å². The van der Waals surface area contributed by atoms with Crippen molar-refractivity contribution < 1.29 is 32.3 Å². The second-order valence-corrected chi connectivity index (χ2v) is 13.1. The molecule has 0 aromatic carbocycles. The van der Waals surface area contributed by atoms with Gasteiger partial charge in [-0.25, -0.2) is 13.2 Å². The molecule has 202 valence electrons. The highest BCUT2D eigenvalue weighted by atomic mass is 32.2. The van der Waals surface area contributed by atoms with Gasteiger partial charge in [0.05, 0.1) is 4.75 Å². The van der Waals surface area contributed by atoms with Gasteiger partial charge in [0.2, 0.25) is 21.8 Å². The molecular weight excluding hydrogens is 488 g/mol. The van der Waals surface area contributed by atoms with Crippen LogP contribution in [0.4, 0.5) is 4.79 Å². The first-order valence-electron chi connectivity index (χ1n) is 12.4. The molecule has 2 aliphatic carbocycles. The Labute approximate surface area is 212 Å². The van der Waals surface area contributed by atoms with Crippen LogP contribution >= 0.6 is 0 Å². The van der Waals surface area contributed by atoms with Crippen molar-refractivity contribution in [2.24, 2.45) is 5.92 Å².